The Kier molecular flexibility index (Phi) is 6.76. The minimum atomic E-state index is 0.874. The maximum Gasteiger partial charge on any atom is 0.137 e. The van der Waals surface area contributed by atoms with Crippen LogP contribution in [0.15, 0.2) is 192 Å². The SMILES string of the molecule is c1cc(-c2cc3ccccc3c3ccccc23)cc(N(c2ccc(-c3ccc4c(c3)sc3ccccc34)cc2)c2cccc3oc4ccccc4c23)c1. The van der Waals surface area contributed by atoms with Gasteiger partial charge >= 0.3 is 0 Å². The molecule has 0 spiro atoms. The second kappa shape index (κ2) is 11.9. The Morgan fingerprint density at radius 2 is 1.06 bits per heavy atom. The van der Waals surface area contributed by atoms with Crippen LogP contribution in [-0.4, -0.2) is 0 Å². The van der Waals surface area contributed by atoms with E-state index >= 15 is 0 Å². The molecule has 2 nitrogen and oxygen atoms in total. The lowest BCUT2D eigenvalue weighted by molar-refractivity contribution is 0.669. The summed E-state index contributed by atoms with van der Waals surface area (Å²) in [6.07, 6.45) is 0. The smallest absolute Gasteiger partial charge is 0.137 e. The molecule has 0 atom stereocenters. The molecule has 0 bridgehead atoms. The molecular weight excluding hydrogens is 663 g/mol. The largest absolute Gasteiger partial charge is 0.456 e. The molecule has 11 aromatic rings. The predicted molar refractivity (Wildman–Crippen MR) is 227 cm³/mol. The van der Waals surface area contributed by atoms with Gasteiger partial charge in [-0.3, -0.25) is 0 Å². The van der Waals surface area contributed by atoms with Crippen LogP contribution in [0.5, 0.6) is 0 Å². The number of furan rings is 1. The maximum absolute atomic E-state index is 6.41. The third kappa shape index (κ3) is 4.86. The molecule has 0 unspecified atom stereocenters. The van der Waals surface area contributed by atoms with Crippen LogP contribution >= 0.6 is 11.3 Å². The fourth-order valence-electron chi connectivity index (χ4n) is 8.18. The summed E-state index contributed by atoms with van der Waals surface area (Å²) in [5.41, 5.74) is 9.80. The van der Waals surface area contributed by atoms with E-state index in [4.69, 9.17) is 4.42 Å². The molecule has 0 saturated heterocycles. The summed E-state index contributed by atoms with van der Waals surface area (Å²) in [5, 5.41) is 9.87. The first-order valence-corrected chi connectivity index (χ1v) is 18.8. The molecular formula is C50H31NOS. The van der Waals surface area contributed by atoms with Gasteiger partial charge in [0.15, 0.2) is 0 Å². The highest BCUT2D eigenvalue weighted by atomic mass is 32.1. The van der Waals surface area contributed by atoms with Crippen LogP contribution in [0, 0.1) is 0 Å². The van der Waals surface area contributed by atoms with E-state index in [0.717, 1.165) is 39.0 Å². The van der Waals surface area contributed by atoms with Gasteiger partial charge in [0, 0.05) is 36.9 Å². The lowest BCUT2D eigenvalue weighted by Gasteiger charge is -2.27. The molecule has 0 radical (unpaired) electrons. The molecule has 3 heteroatoms. The van der Waals surface area contributed by atoms with Gasteiger partial charge in [-0.25, -0.2) is 0 Å². The number of fused-ring (bicyclic) bond motifs is 9. The summed E-state index contributed by atoms with van der Waals surface area (Å²) in [6, 6.07) is 68.0. The Bertz CT molecular complexity index is 3190. The van der Waals surface area contributed by atoms with E-state index in [1.54, 1.807) is 0 Å². The molecule has 2 heterocycles. The summed E-state index contributed by atoms with van der Waals surface area (Å²) in [7, 11) is 0. The zero-order valence-corrected chi connectivity index (χ0v) is 29.5. The van der Waals surface area contributed by atoms with E-state index in [1.807, 2.05) is 17.4 Å². The van der Waals surface area contributed by atoms with Gasteiger partial charge in [-0.2, -0.15) is 0 Å². The van der Waals surface area contributed by atoms with E-state index in [2.05, 4.69) is 187 Å². The summed E-state index contributed by atoms with van der Waals surface area (Å²) >= 11 is 1.86. The number of hydrogen-bond acceptors (Lipinski definition) is 3. The molecule has 0 aliphatic carbocycles. The Hall–Kier alpha value is -6.68. The van der Waals surface area contributed by atoms with Crippen LogP contribution in [0.2, 0.25) is 0 Å². The van der Waals surface area contributed by atoms with Crippen LogP contribution in [0.4, 0.5) is 17.1 Å². The second-order valence-corrected chi connectivity index (χ2v) is 14.8. The van der Waals surface area contributed by atoms with Crippen molar-refractivity contribution >= 4 is 92.1 Å². The standard InChI is InChI=1S/C50H31NOS/c1-2-14-38-35(11-1)30-44(40-16-4-3-15-39(38)40)34-12-9-13-37(29-34)51(45-19-10-21-47-50(45)43-18-5-7-20-46(43)52-47)36-26-23-32(24-27-36)33-25-28-42-41-17-6-8-22-48(41)53-49(42)31-33/h1-31H. The van der Waals surface area contributed by atoms with E-state index in [0.29, 0.717) is 0 Å². The average molecular weight is 694 g/mol. The minimum absolute atomic E-state index is 0.874. The van der Waals surface area contributed by atoms with Crippen LogP contribution in [0.1, 0.15) is 0 Å². The third-order valence-electron chi connectivity index (χ3n) is 10.6. The summed E-state index contributed by atoms with van der Waals surface area (Å²) in [6.45, 7) is 0. The van der Waals surface area contributed by atoms with Gasteiger partial charge in [0.1, 0.15) is 11.2 Å². The van der Waals surface area contributed by atoms with Crippen LogP contribution in [-0.2, 0) is 0 Å². The zero-order valence-electron chi connectivity index (χ0n) is 28.7. The molecule has 0 aliphatic heterocycles. The van der Waals surface area contributed by atoms with Crippen molar-refractivity contribution in [1.82, 2.24) is 0 Å². The summed E-state index contributed by atoms with van der Waals surface area (Å²) < 4.78 is 9.04. The van der Waals surface area contributed by atoms with Crippen molar-refractivity contribution in [1.29, 1.82) is 0 Å². The second-order valence-electron chi connectivity index (χ2n) is 13.7. The lowest BCUT2D eigenvalue weighted by Crippen LogP contribution is -2.10. The molecule has 0 saturated carbocycles. The molecule has 0 N–H and O–H groups in total. The predicted octanol–water partition coefficient (Wildman–Crippen LogP) is 15.1. The quantitative estimate of drug-likeness (QED) is 0.167. The van der Waals surface area contributed by atoms with Crippen molar-refractivity contribution in [2.24, 2.45) is 0 Å². The van der Waals surface area contributed by atoms with Gasteiger partial charge in [0.05, 0.1) is 11.1 Å². The fourth-order valence-corrected chi connectivity index (χ4v) is 9.33. The highest BCUT2D eigenvalue weighted by molar-refractivity contribution is 7.25. The third-order valence-corrected chi connectivity index (χ3v) is 11.8. The summed E-state index contributed by atoms with van der Waals surface area (Å²) in [5.74, 6) is 0. The van der Waals surface area contributed by atoms with Gasteiger partial charge in [0.25, 0.3) is 0 Å². The van der Waals surface area contributed by atoms with Gasteiger partial charge < -0.3 is 9.32 Å². The van der Waals surface area contributed by atoms with Crippen LogP contribution in [0.3, 0.4) is 0 Å². The van der Waals surface area contributed by atoms with Crippen molar-refractivity contribution in [2.45, 2.75) is 0 Å². The van der Waals surface area contributed by atoms with E-state index < -0.39 is 0 Å². The molecule has 0 fully saturated rings. The topological polar surface area (TPSA) is 16.4 Å². The van der Waals surface area contributed by atoms with Gasteiger partial charge in [-0.05, 0) is 104 Å². The van der Waals surface area contributed by atoms with Gasteiger partial charge in [0.2, 0.25) is 0 Å². The van der Waals surface area contributed by atoms with Crippen molar-refractivity contribution in [3.8, 4) is 22.3 Å². The minimum Gasteiger partial charge on any atom is -0.456 e. The van der Waals surface area contributed by atoms with Crippen molar-refractivity contribution in [3.05, 3.63) is 188 Å². The Labute approximate surface area is 310 Å². The number of benzene rings is 9. The number of nitrogens with zero attached hydrogens (tertiary/aromatic N) is 1. The maximum atomic E-state index is 6.41. The fraction of sp³-hybridized carbons (Fsp3) is 0. The first-order chi connectivity index (χ1) is 26.3. The van der Waals surface area contributed by atoms with Crippen LogP contribution < -0.4 is 4.90 Å². The number of thiophene rings is 1. The number of hydrogen-bond donors (Lipinski definition) is 0. The van der Waals surface area contributed by atoms with Crippen molar-refractivity contribution in [2.75, 3.05) is 4.90 Å². The molecule has 53 heavy (non-hydrogen) atoms. The lowest BCUT2D eigenvalue weighted by atomic mass is 9.93. The number of anilines is 3. The molecule has 11 rings (SSSR count). The average Bonchev–Trinajstić information content (AvgIpc) is 3.80. The van der Waals surface area contributed by atoms with Gasteiger partial charge in [-0.1, -0.05) is 127 Å². The van der Waals surface area contributed by atoms with Crippen molar-refractivity contribution in [3.63, 3.8) is 0 Å². The van der Waals surface area contributed by atoms with E-state index in [-0.39, 0.29) is 0 Å². The normalized spacial score (nSPS) is 11.8. The monoisotopic (exact) mass is 693 g/mol. The molecule has 248 valence electrons. The highest BCUT2D eigenvalue weighted by Gasteiger charge is 2.20. The highest BCUT2D eigenvalue weighted by Crippen LogP contribution is 2.45. The van der Waals surface area contributed by atoms with Gasteiger partial charge in [-0.15, -0.1) is 11.3 Å². The van der Waals surface area contributed by atoms with E-state index in [1.165, 1.54) is 64.0 Å². The van der Waals surface area contributed by atoms with Crippen LogP contribution in [0.25, 0.3) is 85.9 Å². The first kappa shape index (κ1) is 30.0. The van der Waals surface area contributed by atoms with Crippen molar-refractivity contribution < 1.29 is 4.42 Å². The number of para-hydroxylation sites is 1. The zero-order chi connectivity index (χ0) is 34.9. The first-order valence-electron chi connectivity index (χ1n) is 18.0. The molecule has 0 aliphatic rings. The van der Waals surface area contributed by atoms with E-state index in [9.17, 15) is 0 Å². The number of rotatable bonds is 5. The Morgan fingerprint density at radius 3 is 1.94 bits per heavy atom. The Morgan fingerprint density at radius 1 is 0.377 bits per heavy atom. The molecule has 2 aromatic heterocycles. The molecule has 0 amide bonds. The Balaban J connectivity index is 1.09. The summed E-state index contributed by atoms with van der Waals surface area (Å²) in [4.78, 5) is 2.38. The molecule has 9 aromatic carbocycles.